The highest BCUT2D eigenvalue weighted by Crippen LogP contribution is 2.49. The third kappa shape index (κ3) is 5.12. The Labute approximate surface area is 216 Å². The molecule has 2 fully saturated rings. The van der Waals surface area contributed by atoms with E-state index in [1.165, 1.54) is 17.2 Å². The summed E-state index contributed by atoms with van der Waals surface area (Å²) in [4.78, 5) is 47.6. The van der Waals surface area contributed by atoms with Gasteiger partial charge in [0.25, 0.3) is 5.56 Å². The number of rotatable bonds is 8. The maximum Gasteiger partial charge on any atom is 0.472 e. The van der Waals surface area contributed by atoms with Crippen molar-refractivity contribution in [1.82, 2.24) is 29.1 Å². The molecule has 3 aromatic heterocycles. The van der Waals surface area contributed by atoms with E-state index in [0.717, 1.165) is 16.8 Å². The minimum Gasteiger partial charge on any atom is -0.394 e. The fraction of sp³-hybridized carbons (Fsp3) is 0.526. The second kappa shape index (κ2) is 10.5. The number of H-pyrrole nitrogens is 1. The molecule has 5 rings (SSSR count). The smallest absolute Gasteiger partial charge is 0.394 e. The van der Waals surface area contributed by atoms with E-state index >= 15 is 0 Å². The van der Waals surface area contributed by atoms with Crippen LogP contribution in [0.5, 0.6) is 0 Å². The number of aromatic amines is 1. The number of ether oxygens (including phenoxy) is 2. The number of aromatic nitrogens is 6. The average Bonchev–Trinajstić information content (AvgIpc) is 3.53. The second-order valence-electron chi connectivity index (χ2n) is 8.72. The van der Waals surface area contributed by atoms with Gasteiger partial charge >= 0.3 is 13.5 Å². The number of aliphatic hydroxyl groups is 4. The molecule has 212 valence electrons. The molecule has 2 aliphatic heterocycles. The van der Waals surface area contributed by atoms with E-state index < -0.39 is 81.4 Å². The standard InChI is InChI=1S/C19H24N7O12P/c20-15-10-16(22-5-21-15)26(6-23-10)17-12(30)11(29)8(37-17)4-35-39(33,34)38-14-7(3-27)36-18(13(14)31)25-2-1-9(28)24-19(25)32/h1-2,5-8,11-14,17-18,27,29-31H,3-4H2,(H,33,34)(H2,20,21,22)(H,24,28,32). The lowest BCUT2D eigenvalue weighted by molar-refractivity contribution is -0.0594. The number of phosphoric acid groups is 1. The maximum absolute atomic E-state index is 12.7. The lowest BCUT2D eigenvalue weighted by Crippen LogP contribution is -2.39. The Balaban J connectivity index is 1.26. The molecular formula is C19H24N7O12P. The number of anilines is 1. The zero-order chi connectivity index (χ0) is 28.1. The van der Waals surface area contributed by atoms with E-state index in [2.05, 4.69) is 15.0 Å². The lowest BCUT2D eigenvalue weighted by atomic mass is 10.1. The molecule has 9 unspecified atom stereocenters. The zero-order valence-corrected chi connectivity index (χ0v) is 20.6. The second-order valence-corrected chi connectivity index (χ2v) is 10.1. The Morgan fingerprint density at radius 2 is 1.77 bits per heavy atom. The molecule has 0 saturated carbocycles. The fourth-order valence-electron chi connectivity index (χ4n) is 4.36. The van der Waals surface area contributed by atoms with Gasteiger partial charge < -0.3 is 40.5 Å². The first-order chi connectivity index (χ1) is 18.5. The van der Waals surface area contributed by atoms with Crippen LogP contribution in [-0.4, -0.2) is 104 Å². The van der Waals surface area contributed by atoms with Crippen molar-refractivity contribution >= 4 is 24.8 Å². The molecule has 2 saturated heterocycles. The van der Waals surface area contributed by atoms with E-state index in [4.69, 9.17) is 24.3 Å². The first-order valence-corrected chi connectivity index (χ1v) is 12.9. The summed E-state index contributed by atoms with van der Waals surface area (Å²) in [7, 11) is -5.02. The van der Waals surface area contributed by atoms with Gasteiger partial charge in [0.15, 0.2) is 23.9 Å². The van der Waals surface area contributed by atoms with Gasteiger partial charge in [0.1, 0.15) is 48.5 Å². The number of nitrogens with zero attached hydrogens (tertiary/aromatic N) is 5. The number of nitrogens with one attached hydrogen (secondary N) is 1. The van der Waals surface area contributed by atoms with Crippen LogP contribution in [0.1, 0.15) is 12.5 Å². The van der Waals surface area contributed by atoms with Crippen molar-refractivity contribution in [2.45, 2.75) is 49.1 Å². The molecule has 20 heteroatoms. The molecule has 0 bridgehead atoms. The molecule has 9 atom stereocenters. The fourth-order valence-corrected chi connectivity index (χ4v) is 5.32. The van der Waals surface area contributed by atoms with E-state index in [0.29, 0.717) is 0 Å². The summed E-state index contributed by atoms with van der Waals surface area (Å²) in [5.41, 5.74) is 4.56. The third-order valence-electron chi connectivity index (χ3n) is 6.27. The van der Waals surface area contributed by atoms with Crippen LogP contribution in [0.4, 0.5) is 5.82 Å². The molecule has 0 aromatic carbocycles. The maximum atomic E-state index is 12.7. The summed E-state index contributed by atoms with van der Waals surface area (Å²) >= 11 is 0. The van der Waals surface area contributed by atoms with Crippen molar-refractivity contribution in [1.29, 1.82) is 0 Å². The van der Waals surface area contributed by atoms with Gasteiger partial charge in [-0.1, -0.05) is 0 Å². The number of hydrogen-bond donors (Lipinski definition) is 7. The molecule has 3 aromatic rings. The van der Waals surface area contributed by atoms with Crippen molar-refractivity contribution in [2.24, 2.45) is 0 Å². The molecule has 2 aliphatic rings. The molecular weight excluding hydrogens is 549 g/mol. The van der Waals surface area contributed by atoms with E-state index in [9.17, 15) is 39.5 Å². The summed E-state index contributed by atoms with van der Waals surface area (Å²) in [6.07, 6.45) is -8.41. The Morgan fingerprint density at radius 3 is 2.49 bits per heavy atom. The number of nitrogens with two attached hydrogens (primary N) is 1. The van der Waals surface area contributed by atoms with Crippen molar-refractivity contribution in [3.8, 4) is 0 Å². The quantitative estimate of drug-likeness (QED) is 0.128. The molecule has 0 spiro atoms. The van der Waals surface area contributed by atoms with Crippen LogP contribution in [0.2, 0.25) is 0 Å². The van der Waals surface area contributed by atoms with Gasteiger partial charge in [-0.2, -0.15) is 0 Å². The predicted molar refractivity (Wildman–Crippen MR) is 125 cm³/mol. The molecule has 0 amide bonds. The minimum atomic E-state index is -5.02. The van der Waals surface area contributed by atoms with E-state index in [-0.39, 0.29) is 17.0 Å². The van der Waals surface area contributed by atoms with Crippen LogP contribution < -0.4 is 17.0 Å². The normalized spacial score (nSPS) is 32.5. The molecule has 5 heterocycles. The molecule has 0 radical (unpaired) electrons. The summed E-state index contributed by atoms with van der Waals surface area (Å²) in [6, 6.07) is 0.989. The van der Waals surface area contributed by atoms with Crippen LogP contribution in [-0.2, 0) is 23.1 Å². The highest BCUT2D eigenvalue weighted by molar-refractivity contribution is 7.47. The number of hydrogen-bond acceptors (Lipinski definition) is 15. The first kappa shape index (κ1) is 27.5. The third-order valence-corrected chi connectivity index (χ3v) is 7.26. The van der Waals surface area contributed by atoms with Crippen molar-refractivity contribution in [3.63, 3.8) is 0 Å². The van der Waals surface area contributed by atoms with Gasteiger partial charge in [-0.3, -0.25) is 28.0 Å². The van der Waals surface area contributed by atoms with Gasteiger partial charge in [0.2, 0.25) is 0 Å². The average molecular weight is 573 g/mol. The summed E-state index contributed by atoms with van der Waals surface area (Å²) in [5, 5.41) is 41.2. The molecule has 8 N–H and O–H groups in total. The Kier molecular flexibility index (Phi) is 7.37. The minimum absolute atomic E-state index is 0.0805. The van der Waals surface area contributed by atoms with Crippen LogP contribution in [0.15, 0.2) is 34.5 Å². The monoisotopic (exact) mass is 573 g/mol. The largest absolute Gasteiger partial charge is 0.472 e. The van der Waals surface area contributed by atoms with Gasteiger partial charge in [-0.05, 0) is 0 Å². The molecule has 39 heavy (non-hydrogen) atoms. The number of fused-ring (bicyclic) bond motifs is 1. The summed E-state index contributed by atoms with van der Waals surface area (Å²) < 4.78 is 35.8. The van der Waals surface area contributed by atoms with Gasteiger partial charge in [-0.25, -0.2) is 24.3 Å². The Bertz CT molecular complexity index is 1510. The predicted octanol–water partition coefficient (Wildman–Crippen LogP) is -3.67. The van der Waals surface area contributed by atoms with Crippen LogP contribution in [0.3, 0.4) is 0 Å². The van der Waals surface area contributed by atoms with Crippen LogP contribution in [0.25, 0.3) is 11.2 Å². The zero-order valence-electron chi connectivity index (χ0n) is 19.7. The Morgan fingerprint density at radius 1 is 1.05 bits per heavy atom. The first-order valence-electron chi connectivity index (χ1n) is 11.4. The van der Waals surface area contributed by atoms with E-state index in [1.807, 2.05) is 4.98 Å². The van der Waals surface area contributed by atoms with Crippen molar-refractivity contribution < 1.29 is 48.4 Å². The van der Waals surface area contributed by atoms with Gasteiger partial charge in [0, 0.05) is 12.3 Å². The number of nitrogen functional groups attached to an aromatic ring is 1. The number of imidazole rings is 1. The van der Waals surface area contributed by atoms with Crippen LogP contribution >= 0.6 is 7.82 Å². The number of aliphatic hydroxyl groups excluding tert-OH is 4. The Hall–Kier alpha value is -3.10. The topological polar surface area (TPSA) is 280 Å². The van der Waals surface area contributed by atoms with E-state index in [1.54, 1.807) is 0 Å². The van der Waals surface area contributed by atoms with Gasteiger partial charge in [-0.15, -0.1) is 0 Å². The molecule has 19 nitrogen and oxygen atoms in total. The molecule has 0 aliphatic carbocycles. The highest BCUT2D eigenvalue weighted by Gasteiger charge is 2.50. The SMILES string of the molecule is Nc1ncnc2c1ncn2C1OC(COP(=O)(O)OC2C(CO)OC(n3ccc(=O)[nH]c3=O)C2O)C(O)C1O. The number of phosphoric ester groups is 1. The van der Waals surface area contributed by atoms with Crippen molar-refractivity contribution in [2.75, 3.05) is 18.9 Å². The highest BCUT2D eigenvalue weighted by atomic mass is 31.2. The van der Waals surface area contributed by atoms with Gasteiger partial charge in [0.05, 0.1) is 19.5 Å². The summed E-state index contributed by atoms with van der Waals surface area (Å²) in [6.45, 7) is -1.52. The van der Waals surface area contributed by atoms with Crippen LogP contribution in [0, 0.1) is 0 Å². The summed E-state index contributed by atoms with van der Waals surface area (Å²) in [5.74, 6) is 0.0805. The van der Waals surface area contributed by atoms with Crippen molar-refractivity contribution in [3.05, 3.63) is 45.8 Å². The lowest BCUT2D eigenvalue weighted by Gasteiger charge is -2.23.